The van der Waals surface area contributed by atoms with E-state index < -0.39 is 0 Å². The Kier molecular flexibility index (Phi) is 13.1. The van der Waals surface area contributed by atoms with Gasteiger partial charge in [0.1, 0.15) is 0 Å². The fraction of sp³-hybridized carbons (Fsp3) is 0. The van der Waals surface area contributed by atoms with Gasteiger partial charge in [0, 0.05) is 56.4 Å². The Bertz CT molecular complexity index is 2450. The Morgan fingerprint density at radius 3 is 0.466 bits per heavy atom. The molecule has 8 rings (SSSR count). The monoisotopic (exact) mass is 752 g/mol. The number of anilines is 6. The first kappa shape index (κ1) is 39.4. The molecule has 282 valence electrons. The Hall–Kier alpha value is -8.32. The van der Waals surface area contributed by atoms with E-state index >= 15 is 0 Å². The molecule has 0 fully saturated rings. The van der Waals surface area contributed by atoms with Gasteiger partial charge in [0.2, 0.25) is 0 Å². The van der Waals surface area contributed by atoms with Crippen LogP contribution in [-0.2, 0) is 0 Å². The van der Waals surface area contributed by atoms with Gasteiger partial charge in [-0.25, -0.2) is 0 Å². The minimum Gasteiger partial charge on any atom is -0.399 e. The number of hydrogen-bond donors (Lipinski definition) is 6. The van der Waals surface area contributed by atoms with Crippen LogP contribution >= 0.6 is 0 Å². The second kappa shape index (κ2) is 19.3. The largest absolute Gasteiger partial charge is 0.399 e. The summed E-state index contributed by atoms with van der Waals surface area (Å²) in [7, 11) is 0. The van der Waals surface area contributed by atoms with Gasteiger partial charge in [-0.15, -0.1) is 0 Å². The van der Waals surface area contributed by atoms with E-state index in [9.17, 15) is 0 Å². The van der Waals surface area contributed by atoms with Crippen molar-refractivity contribution in [3.8, 4) is 57.1 Å². The number of benzene rings is 8. The second-order valence-corrected chi connectivity index (χ2v) is 13.4. The maximum absolute atomic E-state index is 5.71. The first-order valence-electron chi connectivity index (χ1n) is 18.6. The third-order valence-electron chi connectivity index (χ3n) is 8.94. The zero-order valence-electron chi connectivity index (χ0n) is 31.9. The lowest BCUT2D eigenvalue weighted by atomic mass is 10.00. The van der Waals surface area contributed by atoms with Crippen LogP contribution in [-0.4, -0.2) is 0 Å². The lowest BCUT2D eigenvalue weighted by molar-refractivity contribution is 1.58. The van der Waals surface area contributed by atoms with Crippen molar-refractivity contribution >= 4 is 34.1 Å². The highest BCUT2D eigenvalue weighted by atomic mass is 14.6. The third-order valence-corrected chi connectivity index (χ3v) is 8.94. The summed E-state index contributed by atoms with van der Waals surface area (Å²) in [6, 6.07) is 62.8. The highest BCUT2D eigenvalue weighted by Gasteiger charge is 2.01. The first-order valence-corrected chi connectivity index (χ1v) is 18.6. The van der Waals surface area contributed by atoms with Crippen molar-refractivity contribution in [2.75, 3.05) is 34.4 Å². The van der Waals surface area contributed by atoms with Crippen LogP contribution in [0.25, 0.3) is 33.4 Å². The molecule has 0 saturated heterocycles. The number of nitrogens with two attached hydrogens (primary N) is 6. The summed E-state index contributed by atoms with van der Waals surface area (Å²) < 4.78 is 0. The van der Waals surface area contributed by atoms with Crippen LogP contribution in [0.15, 0.2) is 194 Å². The SMILES string of the molecule is Nc1ccc(-c2ccc(-c3ccc(N)cc3)cc2)cc1.Nc1ccc(-c2ccc(N)cc2)cc1.Nc1ccc(C#Cc2ccc(C#Cc3ccc(N)cc3)cc2)cc1. The molecule has 6 nitrogen and oxygen atoms in total. The fourth-order valence-corrected chi connectivity index (χ4v) is 5.62. The molecule has 0 aliphatic heterocycles. The lowest BCUT2D eigenvalue weighted by Gasteiger charge is -2.06. The zero-order chi connectivity index (χ0) is 40.7. The van der Waals surface area contributed by atoms with Crippen molar-refractivity contribution < 1.29 is 0 Å². The standard InChI is InChI=1S/C22H16N2.C18H16N2.C12H12N2/c23-21-13-9-19(10-14-21)7-5-17-1-2-18(4-3-17)6-8-20-11-15-22(24)16-12-20;19-17-9-5-15(6-10-17)13-1-2-14(4-3-13)16-7-11-18(20)12-8-16;13-11-5-1-9(2-6-11)10-3-7-12(14)8-4-10/h1-4,9-16H,23-24H2;1-12H,19-20H2;1-8H,13-14H2. The van der Waals surface area contributed by atoms with E-state index in [2.05, 4.69) is 47.9 Å². The Morgan fingerprint density at radius 2 is 0.293 bits per heavy atom. The van der Waals surface area contributed by atoms with Gasteiger partial charge < -0.3 is 34.4 Å². The number of nitrogen functional groups attached to an aromatic ring is 6. The molecule has 0 unspecified atom stereocenters. The maximum Gasteiger partial charge on any atom is 0.0314 e. The molecule has 0 aromatic heterocycles. The molecule has 0 aliphatic carbocycles. The highest BCUT2D eigenvalue weighted by Crippen LogP contribution is 2.26. The summed E-state index contributed by atoms with van der Waals surface area (Å²) in [4.78, 5) is 0. The van der Waals surface area contributed by atoms with Crippen LogP contribution in [0.5, 0.6) is 0 Å². The van der Waals surface area contributed by atoms with Crippen molar-refractivity contribution in [2.24, 2.45) is 0 Å². The summed E-state index contributed by atoms with van der Waals surface area (Å²) in [6.07, 6.45) is 0. The predicted molar refractivity (Wildman–Crippen MR) is 247 cm³/mol. The molecular formula is C52H44N6. The smallest absolute Gasteiger partial charge is 0.0314 e. The van der Waals surface area contributed by atoms with Crippen molar-refractivity contribution in [1.82, 2.24) is 0 Å². The molecule has 6 heteroatoms. The molecule has 0 radical (unpaired) electrons. The molecule has 0 saturated carbocycles. The van der Waals surface area contributed by atoms with E-state index in [1.807, 2.05) is 170 Å². The normalized spacial score (nSPS) is 9.86. The molecule has 0 aliphatic rings. The van der Waals surface area contributed by atoms with E-state index in [4.69, 9.17) is 34.4 Å². The quantitative estimate of drug-likeness (QED) is 0.0779. The minimum atomic E-state index is 0.740. The fourth-order valence-electron chi connectivity index (χ4n) is 5.62. The molecule has 8 aromatic rings. The topological polar surface area (TPSA) is 156 Å². The molecule has 58 heavy (non-hydrogen) atoms. The van der Waals surface area contributed by atoms with Gasteiger partial charge in [-0.05, 0) is 155 Å². The average Bonchev–Trinajstić information content (AvgIpc) is 3.25. The van der Waals surface area contributed by atoms with Gasteiger partial charge in [0.15, 0.2) is 0 Å². The van der Waals surface area contributed by atoms with Gasteiger partial charge in [-0.1, -0.05) is 96.5 Å². The number of hydrogen-bond acceptors (Lipinski definition) is 6. The average molecular weight is 753 g/mol. The summed E-state index contributed by atoms with van der Waals surface area (Å²) in [5, 5.41) is 0. The lowest BCUT2D eigenvalue weighted by Crippen LogP contribution is -1.85. The van der Waals surface area contributed by atoms with E-state index in [0.717, 1.165) is 67.5 Å². The zero-order valence-corrected chi connectivity index (χ0v) is 31.9. The Morgan fingerprint density at radius 1 is 0.172 bits per heavy atom. The molecule has 0 heterocycles. The molecule has 8 aromatic carbocycles. The summed E-state index contributed by atoms with van der Waals surface area (Å²) in [6.45, 7) is 0. The summed E-state index contributed by atoms with van der Waals surface area (Å²) >= 11 is 0. The van der Waals surface area contributed by atoms with E-state index in [1.54, 1.807) is 0 Å². The van der Waals surface area contributed by atoms with Gasteiger partial charge in [0.25, 0.3) is 0 Å². The maximum atomic E-state index is 5.71. The van der Waals surface area contributed by atoms with E-state index in [0.29, 0.717) is 0 Å². The molecule has 0 amide bonds. The summed E-state index contributed by atoms with van der Waals surface area (Å²) in [5.41, 5.74) is 49.4. The van der Waals surface area contributed by atoms with Crippen LogP contribution in [0.2, 0.25) is 0 Å². The molecule has 0 spiro atoms. The van der Waals surface area contributed by atoms with E-state index in [1.165, 1.54) is 22.3 Å². The molecule has 12 N–H and O–H groups in total. The van der Waals surface area contributed by atoms with E-state index in [-0.39, 0.29) is 0 Å². The van der Waals surface area contributed by atoms with Crippen molar-refractivity contribution in [3.63, 3.8) is 0 Å². The van der Waals surface area contributed by atoms with Crippen LogP contribution in [0.4, 0.5) is 34.1 Å². The van der Waals surface area contributed by atoms with Gasteiger partial charge >= 0.3 is 0 Å². The van der Waals surface area contributed by atoms with Crippen molar-refractivity contribution in [2.45, 2.75) is 0 Å². The Labute approximate surface area is 340 Å². The van der Waals surface area contributed by atoms with Gasteiger partial charge in [-0.2, -0.15) is 0 Å². The third kappa shape index (κ3) is 11.8. The van der Waals surface area contributed by atoms with Crippen LogP contribution in [0.3, 0.4) is 0 Å². The second-order valence-electron chi connectivity index (χ2n) is 13.4. The Balaban J connectivity index is 0.000000152. The van der Waals surface area contributed by atoms with Crippen LogP contribution < -0.4 is 34.4 Å². The first-order chi connectivity index (χ1) is 28.2. The predicted octanol–water partition coefficient (Wildman–Crippen LogP) is 10.4. The highest BCUT2D eigenvalue weighted by molar-refractivity contribution is 5.72. The van der Waals surface area contributed by atoms with Crippen LogP contribution in [0.1, 0.15) is 22.3 Å². The summed E-state index contributed by atoms with van der Waals surface area (Å²) in [5.74, 6) is 12.5. The molecule has 0 atom stereocenters. The molecular weight excluding hydrogens is 709 g/mol. The van der Waals surface area contributed by atoms with Crippen molar-refractivity contribution in [1.29, 1.82) is 0 Å². The minimum absolute atomic E-state index is 0.740. The van der Waals surface area contributed by atoms with Crippen molar-refractivity contribution in [3.05, 3.63) is 216 Å². The van der Waals surface area contributed by atoms with Crippen LogP contribution in [0, 0.1) is 23.7 Å². The van der Waals surface area contributed by atoms with Gasteiger partial charge in [0.05, 0.1) is 0 Å². The molecule has 0 bridgehead atoms. The number of rotatable bonds is 3. The van der Waals surface area contributed by atoms with Gasteiger partial charge in [-0.3, -0.25) is 0 Å².